The van der Waals surface area contributed by atoms with Gasteiger partial charge in [-0.1, -0.05) is 13.8 Å². The van der Waals surface area contributed by atoms with Gasteiger partial charge in [-0.25, -0.2) is 8.78 Å². The van der Waals surface area contributed by atoms with Crippen LogP contribution in [-0.2, 0) is 0 Å². The minimum absolute atomic E-state index is 0. The SMILES string of the molecule is CCC(CC)(CN)NC(=O)c1cc(F)c(F)cc1Br.Cl. The molecule has 0 saturated carbocycles. The van der Waals surface area contributed by atoms with Gasteiger partial charge in [0.05, 0.1) is 11.1 Å². The van der Waals surface area contributed by atoms with Crippen LogP contribution in [0.4, 0.5) is 8.78 Å². The van der Waals surface area contributed by atoms with Crippen LogP contribution in [0.3, 0.4) is 0 Å². The summed E-state index contributed by atoms with van der Waals surface area (Å²) < 4.78 is 26.4. The van der Waals surface area contributed by atoms with E-state index in [1.54, 1.807) is 0 Å². The van der Waals surface area contributed by atoms with E-state index in [0.717, 1.165) is 12.1 Å². The molecule has 3 N–H and O–H groups in total. The Balaban J connectivity index is 0.00000361. The van der Waals surface area contributed by atoms with Crippen molar-refractivity contribution in [2.24, 2.45) is 5.73 Å². The van der Waals surface area contributed by atoms with E-state index in [-0.39, 0.29) is 29.0 Å². The average Bonchev–Trinajstić information content (AvgIpc) is 2.40. The molecule has 3 nitrogen and oxygen atoms in total. The van der Waals surface area contributed by atoms with Crippen LogP contribution in [0, 0.1) is 11.6 Å². The third-order valence-corrected chi connectivity index (χ3v) is 4.03. The summed E-state index contributed by atoms with van der Waals surface area (Å²) in [5, 5.41) is 2.80. The van der Waals surface area contributed by atoms with E-state index >= 15 is 0 Å². The first-order chi connectivity index (χ1) is 8.89. The maximum Gasteiger partial charge on any atom is 0.253 e. The molecular formula is C13H18BrClF2N2O. The maximum atomic E-state index is 13.2. The molecule has 0 aliphatic carbocycles. The number of carbonyl (C=O) groups excluding carboxylic acids is 1. The Labute approximate surface area is 131 Å². The van der Waals surface area contributed by atoms with Crippen LogP contribution in [0.25, 0.3) is 0 Å². The molecule has 0 saturated heterocycles. The molecule has 0 unspecified atom stereocenters. The van der Waals surface area contributed by atoms with Gasteiger partial charge in [-0.15, -0.1) is 12.4 Å². The normalized spacial score (nSPS) is 10.9. The molecule has 0 atom stereocenters. The Hall–Kier alpha value is -0.720. The highest BCUT2D eigenvalue weighted by molar-refractivity contribution is 9.10. The molecule has 0 aromatic heterocycles. The molecule has 0 radical (unpaired) electrons. The summed E-state index contributed by atoms with van der Waals surface area (Å²) in [5.41, 5.74) is 5.21. The Morgan fingerprint density at radius 3 is 2.25 bits per heavy atom. The standard InChI is InChI=1S/C13H17BrF2N2O.ClH/c1-3-13(4-2,7-17)18-12(19)8-5-10(15)11(16)6-9(8)14;/h5-6H,3-4,7,17H2,1-2H3,(H,18,19);1H. The fourth-order valence-electron chi connectivity index (χ4n) is 1.77. The third-order valence-electron chi connectivity index (χ3n) is 3.38. The summed E-state index contributed by atoms with van der Waals surface area (Å²) in [7, 11) is 0. The highest BCUT2D eigenvalue weighted by Crippen LogP contribution is 2.22. The molecule has 1 rings (SSSR count). The van der Waals surface area contributed by atoms with E-state index in [1.165, 1.54) is 0 Å². The quantitative estimate of drug-likeness (QED) is 0.780. The summed E-state index contributed by atoms with van der Waals surface area (Å²) in [6.45, 7) is 4.11. The number of hydrogen-bond acceptors (Lipinski definition) is 2. The molecule has 0 heterocycles. The van der Waals surface area contributed by atoms with E-state index in [1.807, 2.05) is 13.8 Å². The van der Waals surface area contributed by atoms with Crippen LogP contribution in [0.1, 0.15) is 37.0 Å². The molecule has 0 bridgehead atoms. The van der Waals surface area contributed by atoms with E-state index in [0.29, 0.717) is 12.8 Å². The molecule has 1 aromatic rings. The lowest BCUT2D eigenvalue weighted by Gasteiger charge is -2.31. The number of hydrogen-bond donors (Lipinski definition) is 2. The van der Waals surface area contributed by atoms with Crippen molar-refractivity contribution in [3.8, 4) is 0 Å². The van der Waals surface area contributed by atoms with Crippen LogP contribution in [0.5, 0.6) is 0 Å². The monoisotopic (exact) mass is 370 g/mol. The fourth-order valence-corrected chi connectivity index (χ4v) is 2.27. The Morgan fingerprint density at radius 1 is 1.30 bits per heavy atom. The first kappa shape index (κ1) is 19.3. The van der Waals surface area contributed by atoms with Crippen molar-refractivity contribution in [1.29, 1.82) is 0 Å². The van der Waals surface area contributed by atoms with Gasteiger partial charge in [0.25, 0.3) is 5.91 Å². The molecule has 0 spiro atoms. The molecule has 20 heavy (non-hydrogen) atoms. The second-order valence-corrected chi connectivity index (χ2v) is 5.25. The predicted octanol–water partition coefficient (Wildman–Crippen LogP) is 3.40. The van der Waals surface area contributed by atoms with Gasteiger partial charge in [-0.2, -0.15) is 0 Å². The zero-order valence-electron chi connectivity index (χ0n) is 11.3. The van der Waals surface area contributed by atoms with Gasteiger partial charge in [0.1, 0.15) is 0 Å². The number of benzene rings is 1. The topological polar surface area (TPSA) is 55.1 Å². The lowest BCUT2D eigenvalue weighted by atomic mass is 9.92. The minimum atomic E-state index is -1.06. The second-order valence-electron chi connectivity index (χ2n) is 4.39. The van der Waals surface area contributed by atoms with Gasteiger partial charge in [0.15, 0.2) is 11.6 Å². The fraction of sp³-hybridized carbons (Fsp3) is 0.462. The van der Waals surface area contributed by atoms with Gasteiger partial charge in [0, 0.05) is 11.0 Å². The molecular weight excluding hydrogens is 354 g/mol. The Morgan fingerprint density at radius 2 is 1.80 bits per heavy atom. The number of carbonyl (C=O) groups is 1. The number of halogens is 4. The van der Waals surface area contributed by atoms with E-state index < -0.39 is 23.1 Å². The van der Waals surface area contributed by atoms with Gasteiger partial charge in [0.2, 0.25) is 0 Å². The highest BCUT2D eigenvalue weighted by atomic mass is 79.9. The maximum absolute atomic E-state index is 13.2. The van der Waals surface area contributed by atoms with Crippen LogP contribution in [-0.4, -0.2) is 18.0 Å². The molecule has 0 aliphatic heterocycles. The van der Waals surface area contributed by atoms with Gasteiger partial charge >= 0.3 is 0 Å². The Kier molecular flexibility index (Phi) is 7.62. The third kappa shape index (κ3) is 4.14. The Bertz CT molecular complexity index is 473. The molecule has 1 amide bonds. The summed E-state index contributed by atoms with van der Waals surface area (Å²) in [6, 6.07) is 1.81. The molecule has 7 heteroatoms. The van der Waals surface area contributed by atoms with Crippen LogP contribution in [0.2, 0.25) is 0 Å². The minimum Gasteiger partial charge on any atom is -0.345 e. The van der Waals surface area contributed by atoms with Crippen molar-refractivity contribution in [3.63, 3.8) is 0 Å². The summed E-state index contributed by atoms with van der Waals surface area (Å²) >= 11 is 3.06. The molecule has 1 aromatic carbocycles. The first-order valence-corrected chi connectivity index (χ1v) is 6.85. The largest absolute Gasteiger partial charge is 0.345 e. The lowest BCUT2D eigenvalue weighted by Crippen LogP contribution is -2.52. The van der Waals surface area contributed by atoms with E-state index in [2.05, 4.69) is 21.2 Å². The van der Waals surface area contributed by atoms with Gasteiger partial charge in [-0.05, 0) is 40.9 Å². The molecule has 0 aliphatic rings. The van der Waals surface area contributed by atoms with E-state index in [4.69, 9.17) is 5.73 Å². The van der Waals surface area contributed by atoms with E-state index in [9.17, 15) is 13.6 Å². The zero-order chi connectivity index (χ0) is 14.6. The van der Waals surface area contributed by atoms with Crippen molar-refractivity contribution < 1.29 is 13.6 Å². The van der Waals surface area contributed by atoms with Crippen molar-refractivity contribution >= 4 is 34.2 Å². The summed E-state index contributed by atoms with van der Waals surface area (Å²) in [5.74, 6) is -2.53. The number of nitrogens with one attached hydrogen (secondary N) is 1. The lowest BCUT2D eigenvalue weighted by molar-refractivity contribution is 0.0894. The number of amides is 1. The van der Waals surface area contributed by atoms with Crippen molar-refractivity contribution in [3.05, 3.63) is 33.8 Å². The van der Waals surface area contributed by atoms with Gasteiger partial charge in [-0.3, -0.25) is 4.79 Å². The smallest absolute Gasteiger partial charge is 0.253 e. The average molecular weight is 372 g/mol. The second kappa shape index (κ2) is 7.90. The van der Waals surface area contributed by atoms with Crippen molar-refractivity contribution in [1.82, 2.24) is 5.32 Å². The van der Waals surface area contributed by atoms with Crippen molar-refractivity contribution in [2.75, 3.05) is 6.54 Å². The van der Waals surface area contributed by atoms with Crippen LogP contribution < -0.4 is 11.1 Å². The van der Waals surface area contributed by atoms with Gasteiger partial charge < -0.3 is 11.1 Å². The van der Waals surface area contributed by atoms with Crippen LogP contribution >= 0.6 is 28.3 Å². The number of nitrogens with two attached hydrogens (primary N) is 1. The zero-order valence-corrected chi connectivity index (χ0v) is 13.7. The summed E-state index contributed by atoms with van der Waals surface area (Å²) in [6.07, 6.45) is 1.32. The number of rotatable bonds is 5. The first-order valence-electron chi connectivity index (χ1n) is 6.06. The highest BCUT2D eigenvalue weighted by Gasteiger charge is 2.28. The molecule has 0 fully saturated rings. The van der Waals surface area contributed by atoms with Crippen LogP contribution in [0.15, 0.2) is 16.6 Å². The molecule has 114 valence electrons. The predicted molar refractivity (Wildman–Crippen MR) is 81.1 cm³/mol. The summed E-state index contributed by atoms with van der Waals surface area (Å²) in [4.78, 5) is 12.1. The van der Waals surface area contributed by atoms with Crippen molar-refractivity contribution in [2.45, 2.75) is 32.2 Å².